The monoisotopic (exact) mass is 257 g/mol. The van der Waals surface area contributed by atoms with Crippen LogP contribution >= 0.6 is 11.6 Å². The molecule has 0 spiro atoms. The summed E-state index contributed by atoms with van der Waals surface area (Å²) < 4.78 is 0. The van der Waals surface area contributed by atoms with Crippen molar-refractivity contribution in [2.45, 2.75) is 6.92 Å². The standard InChI is InChI=1S/C14H12ClN3/c1-8-5-6-9(10(15)7-8)14-17-12-4-2-3-11(16)13(12)18-14/h2-7H,16H2,1H3,(H,17,18). The van der Waals surface area contributed by atoms with E-state index >= 15 is 0 Å². The highest BCUT2D eigenvalue weighted by atomic mass is 35.5. The quantitative estimate of drug-likeness (QED) is 0.652. The van der Waals surface area contributed by atoms with Crippen LogP contribution in [0.2, 0.25) is 5.02 Å². The number of hydrogen-bond donors (Lipinski definition) is 2. The van der Waals surface area contributed by atoms with Gasteiger partial charge in [0.05, 0.1) is 16.2 Å². The lowest BCUT2D eigenvalue weighted by Crippen LogP contribution is -1.85. The number of benzene rings is 2. The van der Waals surface area contributed by atoms with Crippen LogP contribution in [0.25, 0.3) is 22.4 Å². The molecule has 0 fully saturated rings. The van der Waals surface area contributed by atoms with Crippen LogP contribution in [0.4, 0.5) is 5.69 Å². The highest BCUT2D eigenvalue weighted by Gasteiger charge is 2.10. The van der Waals surface area contributed by atoms with Crippen molar-refractivity contribution in [3.05, 3.63) is 47.0 Å². The molecule has 0 radical (unpaired) electrons. The molecule has 0 aliphatic rings. The number of imidazole rings is 1. The molecule has 0 unspecified atom stereocenters. The Morgan fingerprint density at radius 2 is 2.06 bits per heavy atom. The van der Waals surface area contributed by atoms with Crippen molar-refractivity contribution in [3.8, 4) is 11.4 Å². The summed E-state index contributed by atoms with van der Waals surface area (Å²) in [6.07, 6.45) is 0. The fraction of sp³-hybridized carbons (Fsp3) is 0.0714. The summed E-state index contributed by atoms with van der Waals surface area (Å²) in [6, 6.07) is 11.6. The van der Waals surface area contributed by atoms with Crippen molar-refractivity contribution in [2.75, 3.05) is 5.73 Å². The Bertz CT molecular complexity index is 731. The normalized spacial score (nSPS) is 11.0. The van der Waals surface area contributed by atoms with Crippen LogP contribution in [-0.2, 0) is 0 Å². The Balaban J connectivity index is 2.23. The van der Waals surface area contributed by atoms with Gasteiger partial charge in [-0.1, -0.05) is 23.7 Å². The van der Waals surface area contributed by atoms with Crippen molar-refractivity contribution in [1.29, 1.82) is 0 Å². The summed E-state index contributed by atoms with van der Waals surface area (Å²) in [5, 5.41) is 0.688. The SMILES string of the molecule is Cc1ccc(-c2nc3c(N)cccc3[nH]2)c(Cl)c1. The van der Waals surface area contributed by atoms with Gasteiger partial charge in [-0.2, -0.15) is 0 Å². The maximum atomic E-state index is 6.24. The fourth-order valence-corrected chi connectivity index (χ4v) is 2.32. The Labute approximate surface area is 110 Å². The largest absolute Gasteiger partial charge is 0.397 e. The topological polar surface area (TPSA) is 54.7 Å². The van der Waals surface area contributed by atoms with Crippen LogP contribution in [0.5, 0.6) is 0 Å². The fourth-order valence-electron chi connectivity index (χ4n) is 1.99. The molecule has 0 saturated carbocycles. The number of nitrogens with two attached hydrogens (primary N) is 1. The minimum Gasteiger partial charge on any atom is -0.397 e. The predicted molar refractivity (Wildman–Crippen MR) is 75.7 cm³/mol. The number of para-hydroxylation sites is 1. The van der Waals surface area contributed by atoms with Crippen molar-refractivity contribution in [3.63, 3.8) is 0 Å². The molecule has 4 heteroatoms. The number of aromatic nitrogens is 2. The summed E-state index contributed by atoms with van der Waals surface area (Å²) in [7, 11) is 0. The van der Waals surface area contributed by atoms with E-state index in [-0.39, 0.29) is 0 Å². The smallest absolute Gasteiger partial charge is 0.140 e. The maximum Gasteiger partial charge on any atom is 0.140 e. The first-order valence-corrected chi connectivity index (χ1v) is 6.03. The summed E-state index contributed by atoms with van der Waals surface area (Å²) >= 11 is 6.24. The molecule has 3 nitrogen and oxygen atoms in total. The molecular formula is C14H12ClN3. The average Bonchev–Trinajstić information content (AvgIpc) is 2.74. The Kier molecular flexibility index (Phi) is 2.49. The Morgan fingerprint density at radius 3 is 2.78 bits per heavy atom. The molecule has 0 bridgehead atoms. The summed E-state index contributed by atoms with van der Waals surface area (Å²) in [5.41, 5.74) is 10.3. The summed E-state index contributed by atoms with van der Waals surface area (Å²) in [5.74, 6) is 0.743. The highest BCUT2D eigenvalue weighted by Crippen LogP contribution is 2.29. The predicted octanol–water partition coefficient (Wildman–Crippen LogP) is 3.77. The summed E-state index contributed by atoms with van der Waals surface area (Å²) in [6.45, 7) is 2.01. The van der Waals surface area contributed by atoms with Gasteiger partial charge in [-0.25, -0.2) is 4.98 Å². The van der Waals surface area contributed by atoms with E-state index in [1.807, 2.05) is 43.3 Å². The van der Waals surface area contributed by atoms with Crippen LogP contribution < -0.4 is 5.73 Å². The minimum atomic E-state index is 0.665. The van der Waals surface area contributed by atoms with Gasteiger partial charge in [0.2, 0.25) is 0 Å². The van der Waals surface area contributed by atoms with Gasteiger partial charge >= 0.3 is 0 Å². The Morgan fingerprint density at radius 1 is 1.22 bits per heavy atom. The van der Waals surface area contributed by atoms with E-state index < -0.39 is 0 Å². The van der Waals surface area contributed by atoms with Crippen molar-refractivity contribution < 1.29 is 0 Å². The third-order valence-electron chi connectivity index (χ3n) is 2.92. The average molecular weight is 258 g/mol. The first kappa shape index (κ1) is 11.1. The molecule has 0 amide bonds. The second-order valence-electron chi connectivity index (χ2n) is 4.31. The van der Waals surface area contributed by atoms with E-state index in [0.29, 0.717) is 10.7 Å². The van der Waals surface area contributed by atoms with Crippen LogP contribution in [-0.4, -0.2) is 9.97 Å². The van der Waals surface area contributed by atoms with E-state index in [2.05, 4.69) is 9.97 Å². The van der Waals surface area contributed by atoms with Crippen molar-refractivity contribution >= 4 is 28.3 Å². The number of nitrogens with zero attached hydrogens (tertiary/aromatic N) is 1. The molecular weight excluding hydrogens is 246 g/mol. The zero-order chi connectivity index (χ0) is 12.7. The zero-order valence-corrected chi connectivity index (χ0v) is 10.6. The Hall–Kier alpha value is -2.00. The van der Waals surface area contributed by atoms with Gasteiger partial charge in [0.1, 0.15) is 11.3 Å². The molecule has 18 heavy (non-hydrogen) atoms. The van der Waals surface area contributed by atoms with E-state index in [1.54, 1.807) is 0 Å². The van der Waals surface area contributed by atoms with Gasteiger partial charge in [0.15, 0.2) is 0 Å². The molecule has 3 N–H and O–H groups in total. The number of anilines is 1. The van der Waals surface area contributed by atoms with Crippen LogP contribution in [0.3, 0.4) is 0 Å². The molecule has 90 valence electrons. The third kappa shape index (κ3) is 1.73. The van der Waals surface area contributed by atoms with Gasteiger partial charge in [-0.15, -0.1) is 0 Å². The first-order chi connectivity index (χ1) is 8.65. The molecule has 0 aliphatic heterocycles. The molecule has 1 aromatic heterocycles. The van der Waals surface area contributed by atoms with Crippen LogP contribution in [0, 0.1) is 6.92 Å². The number of nitrogens with one attached hydrogen (secondary N) is 1. The molecule has 3 rings (SSSR count). The number of hydrogen-bond acceptors (Lipinski definition) is 2. The lowest BCUT2D eigenvalue weighted by atomic mass is 10.1. The van der Waals surface area contributed by atoms with E-state index in [1.165, 1.54) is 0 Å². The molecule has 1 heterocycles. The van der Waals surface area contributed by atoms with Gasteiger partial charge < -0.3 is 10.7 Å². The minimum absolute atomic E-state index is 0.665. The first-order valence-electron chi connectivity index (χ1n) is 5.66. The van der Waals surface area contributed by atoms with Crippen molar-refractivity contribution in [1.82, 2.24) is 9.97 Å². The van der Waals surface area contributed by atoms with Gasteiger partial charge in [0.25, 0.3) is 0 Å². The molecule has 0 aliphatic carbocycles. The number of aryl methyl sites for hydroxylation is 1. The number of rotatable bonds is 1. The lowest BCUT2D eigenvalue weighted by molar-refractivity contribution is 1.33. The van der Waals surface area contributed by atoms with E-state index in [0.717, 1.165) is 28.0 Å². The van der Waals surface area contributed by atoms with E-state index in [4.69, 9.17) is 17.3 Å². The lowest BCUT2D eigenvalue weighted by Gasteiger charge is -2.01. The molecule has 3 aromatic rings. The zero-order valence-electron chi connectivity index (χ0n) is 9.87. The van der Waals surface area contributed by atoms with Gasteiger partial charge in [0, 0.05) is 5.56 Å². The summed E-state index contributed by atoms with van der Waals surface area (Å²) in [4.78, 5) is 7.75. The number of H-pyrrole nitrogens is 1. The maximum absolute atomic E-state index is 6.24. The third-order valence-corrected chi connectivity index (χ3v) is 3.24. The number of nitrogen functional groups attached to an aromatic ring is 1. The molecule has 0 atom stereocenters. The highest BCUT2D eigenvalue weighted by molar-refractivity contribution is 6.33. The number of aromatic amines is 1. The van der Waals surface area contributed by atoms with Gasteiger partial charge in [-0.3, -0.25) is 0 Å². The second-order valence-corrected chi connectivity index (χ2v) is 4.72. The second kappa shape index (κ2) is 4.03. The number of halogens is 1. The van der Waals surface area contributed by atoms with Crippen LogP contribution in [0.15, 0.2) is 36.4 Å². The van der Waals surface area contributed by atoms with E-state index in [9.17, 15) is 0 Å². The van der Waals surface area contributed by atoms with Gasteiger partial charge in [-0.05, 0) is 36.8 Å². The van der Waals surface area contributed by atoms with Crippen LogP contribution in [0.1, 0.15) is 5.56 Å². The molecule has 0 saturated heterocycles. The molecule has 2 aromatic carbocycles. The number of fused-ring (bicyclic) bond motifs is 1. The van der Waals surface area contributed by atoms with Crippen molar-refractivity contribution in [2.24, 2.45) is 0 Å².